The summed E-state index contributed by atoms with van der Waals surface area (Å²) in [5.41, 5.74) is 4.37. The minimum absolute atomic E-state index is 0.204. The van der Waals surface area contributed by atoms with Crippen LogP contribution in [0.3, 0.4) is 0 Å². The van der Waals surface area contributed by atoms with Crippen molar-refractivity contribution in [2.24, 2.45) is 0 Å². The fraction of sp³-hybridized carbons (Fsp3) is 0.455. The van der Waals surface area contributed by atoms with Crippen LogP contribution in [0.15, 0.2) is 54.4 Å². The molecule has 2 amide bonds. The van der Waals surface area contributed by atoms with Crippen molar-refractivity contribution in [3.8, 4) is 0 Å². The lowest BCUT2D eigenvalue weighted by atomic mass is 10.1. The molecule has 1 unspecified atom stereocenters. The SMILES string of the molecule is CCCCCCCC(=O)NC(/C=C/C([NH3+])=O)/C(F)=C/CCc1ccccc1. The third-order valence-electron chi connectivity index (χ3n) is 4.21. The summed E-state index contributed by atoms with van der Waals surface area (Å²) in [7, 11) is 0. The number of halogens is 1. The van der Waals surface area contributed by atoms with Gasteiger partial charge in [0.25, 0.3) is 0 Å². The number of nitrogens with one attached hydrogen (secondary N) is 1. The average Bonchev–Trinajstić information content (AvgIpc) is 2.65. The van der Waals surface area contributed by atoms with Crippen LogP contribution in [0.25, 0.3) is 0 Å². The van der Waals surface area contributed by atoms with Crippen LogP contribution in [-0.2, 0) is 16.0 Å². The highest BCUT2D eigenvalue weighted by atomic mass is 19.1. The van der Waals surface area contributed by atoms with E-state index in [1.54, 1.807) is 0 Å². The number of benzene rings is 1. The van der Waals surface area contributed by atoms with Gasteiger partial charge in [-0.15, -0.1) is 0 Å². The lowest BCUT2D eigenvalue weighted by molar-refractivity contribution is -0.297. The second kappa shape index (κ2) is 13.9. The molecule has 1 aromatic carbocycles. The van der Waals surface area contributed by atoms with Crippen LogP contribution in [0.4, 0.5) is 4.39 Å². The van der Waals surface area contributed by atoms with Crippen LogP contribution in [-0.4, -0.2) is 17.9 Å². The molecule has 1 rings (SSSR count). The molecule has 0 aliphatic carbocycles. The van der Waals surface area contributed by atoms with E-state index in [9.17, 15) is 14.0 Å². The van der Waals surface area contributed by atoms with Crippen molar-refractivity contribution < 1.29 is 19.7 Å². The van der Waals surface area contributed by atoms with E-state index in [0.717, 1.165) is 37.7 Å². The van der Waals surface area contributed by atoms with Gasteiger partial charge in [0.05, 0.1) is 6.04 Å². The Labute approximate surface area is 161 Å². The maximum absolute atomic E-state index is 14.5. The predicted molar refractivity (Wildman–Crippen MR) is 106 cm³/mol. The van der Waals surface area contributed by atoms with Crippen LogP contribution in [0.5, 0.6) is 0 Å². The summed E-state index contributed by atoms with van der Waals surface area (Å²) < 4.78 is 14.5. The van der Waals surface area contributed by atoms with Gasteiger partial charge in [-0.3, -0.25) is 10.5 Å². The fourth-order valence-corrected chi connectivity index (χ4v) is 2.70. The fourth-order valence-electron chi connectivity index (χ4n) is 2.70. The number of hydrogen-bond donors (Lipinski definition) is 2. The van der Waals surface area contributed by atoms with Gasteiger partial charge in [-0.05, 0) is 30.9 Å². The lowest BCUT2D eigenvalue weighted by Gasteiger charge is -2.13. The minimum Gasteiger partial charge on any atom is -0.343 e. The summed E-state index contributed by atoms with van der Waals surface area (Å²) in [5, 5.41) is 2.66. The van der Waals surface area contributed by atoms with Gasteiger partial charge in [-0.2, -0.15) is 0 Å². The Morgan fingerprint density at radius 1 is 1.15 bits per heavy atom. The summed E-state index contributed by atoms with van der Waals surface area (Å²) in [4.78, 5) is 23.2. The van der Waals surface area contributed by atoms with Crippen molar-refractivity contribution in [2.75, 3.05) is 0 Å². The largest absolute Gasteiger partial charge is 0.343 e. The van der Waals surface area contributed by atoms with E-state index >= 15 is 0 Å². The molecule has 0 aliphatic rings. The molecule has 5 heteroatoms. The molecule has 148 valence electrons. The molecule has 27 heavy (non-hydrogen) atoms. The van der Waals surface area contributed by atoms with Gasteiger partial charge in [0.15, 0.2) is 0 Å². The maximum atomic E-state index is 14.5. The van der Waals surface area contributed by atoms with Crippen LogP contribution in [0.1, 0.15) is 57.4 Å². The maximum Gasteiger partial charge on any atom is 0.333 e. The minimum atomic E-state index is -0.922. The molecule has 0 saturated carbocycles. The predicted octanol–water partition coefficient (Wildman–Crippen LogP) is 3.64. The molecule has 1 aromatic rings. The van der Waals surface area contributed by atoms with Crippen LogP contribution < -0.4 is 11.1 Å². The normalized spacial score (nSPS) is 12.9. The number of rotatable bonds is 13. The van der Waals surface area contributed by atoms with Gasteiger partial charge in [0.2, 0.25) is 5.91 Å². The van der Waals surface area contributed by atoms with Crippen LogP contribution in [0.2, 0.25) is 0 Å². The number of unbranched alkanes of at least 4 members (excludes halogenated alkanes) is 4. The van der Waals surface area contributed by atoms with Crippen LogP contribution >= 0.6 is 0 Å². The first-order chi connectivity index (χ1) is 13.0. The molecule has 0 fully saturated rings. The zero-order valence-electron chi connectivity index (χ0n) is 16.3. The second-order valence-corrected chi connectivity index (χ2v) is 6.65. The first kappa shape index (κ1) is 22.8. The van der Waals surface area contributed by atoms with Gasteiger partial charge in [0, 0.05) is 12.5 Å². The number of carbonyl (C=O) groups excluding carboxylic acids is 2. The number of aryl methyl sites for hydroxylation is 1. The number of allylic oxidation sites excluding steroid dienone is 1. The molecule has 0 spiro atoms. The third-order valence-corrected chi connectivity index (χ3v) is 4.21. The Bertz CT molecular complexity index is 626. The number of carbonyl (C=O) groups is 2. The van der Waals surface area contributed by atoms with Crippen molar-refractivity contribution in [3.05, 3.63) is 60.0 Å². The third kappa shape index (κ3) is 11.1. The first-order valence-electron chi connectivity index (χ1n) is 9.76. The van der Waals surface area contributed by atoms with Gasteiger partial charge < -0.3 is 5.32 Å². The Morgan fingerprint density at radius 2 is 1.85 bits per heavy atom. The molecule has 1 atom stereocenters. The van der Waals surface area contributed by atoms with E-state index in [2.05, 4.69) is 18.0 Å². The Kier molecular flexibility index (Phi) is 11.7. The van der Waals surface area contributed by atoms with Crippen molar-refractivity contribution in [1.29, 1.82) is 0 Å². The lowest BCUT2D eigenvalue weighted by Crippen LogP contribution is -2.55. The second-order valence-electron chi connectivity index (χ2n) is 6.65. The number of hydrogen-bond acceptors (Lipinski definition) is 2. The molecule has 0 radical (unpaired) electrons. The van der Waals surface area contributed by atoms with E-state index in [4.69, 9.17) is 0 Å². The zero-order chi connectivity index (χ0) is 19.9. The van der Waals surface area contributed by atoms with Crippen molar-refractivity contribution in [3.63, 3.8) is 0 Å². The Balaban J connectivity index is 2.56. The summed E-state index contributed by atoms with van der Waals surface area (Å²) >= 11 is 0. The first-order valence-corrected chi connectivity index (χ1v) is 9.76. The highest BCUT2D eigenvalue weighted by molar-refractivity contribution is 5.79. The molecule has 0 bridgehead atoms. The average molecular weight is 376 g/mol. The standard InChI is InChI=1S/C22H31FN2O2/c1-2-3-4-5-9-15-22(27)25-20(16-17-21(24)26)19(23)14-10-13-18-11-7-6-8-12-18/h6-8,11-12,14,16-17,20H,2-5,9-10,13,15H2,1H3,(H2,24,26)(H,25,27)/p+1/b17-16+,19-14-. The molecule has 0 aromatic heterocycles. The highest BCUT2D eigenvalue weighted by Crippen LogP contribution is 2.11. The highest BCUT2D eigenvalue weighted by Gasteiger charge is 2.14. The van der Waals surface area contributed by atoms with E-state index in [1.807, 2.05) is 30.3 Å². The molecule has 0 heterocycles. The van der Waals surface area contributed by atoms with E-state index < -0.39 is 17.8 Å². The Morgan fingerprint density at radius 3 is 2.52 bits per heavy atom. The van der Waals surface area contributed by atoms with Crippen molar-refractivity contribution >= 4 is 11.8 Å². The molecular weight excluding hydrogens is 343 g/mol. The quantitative estimate of drug-likeness (QED) is 0.408. The monoisotopic (exact) mass is 375 g/mol. The van der Waals surface area contributed by atoms with Gasteiger partial charge in [-0.25, -0.2) is 9.18 Å². The smallest absolute Gasteiger partial charge is 0.333 e. The van der Waals surface area contributed by atoms with E-state index in [-0.39, 0.29) is 5.91 Å². The topological polar surface area (TPSA) is 73.8 Å². The van der Waals surface area contributed by atoms with E-state index in [0.29, 0.717) is 19.3 Å². The molecule has 0 saturated heterocycles. The summed E-state index contributed by atoms with van der Waals surface area (Å²) in [6.45, 7) is 2.14. The number of amides is 2. The summed E-state index contributed by atoms with van der Waals surface area (Å²) in [5.74, 6) is -1.09. The van der Waals surface area contributed by atoms with Gasteiger partial charge in [0.1, 0.15) is 5.83 Å². The molecule has 4 N–H and O–H groups in total. The summed E-state index contributed by atoms with van der Waals surface area (Å²) in [6.07, 6.45) is 10.8. The molecule has 4 nitrogen and oxygen atoms in total. The number of quaternary nitrogens is 1. The van der Waals surface area contributed by atoms with E-state index in [1.165, 1.54) is 18.2 Å². The Hall–Kier alpha value is -2.27. The van der Waals surface area contributed by atoms with Crippen molar-refractivity contribution in [1.82, 2.24) is 5.32 Å². The molecular formula is C22H32FN2O2+. The zero-order valence-corrected chi connectivity index (χ0v) is 16.3. The van der Waals surface area contributed by atoms with Gasteiger partial charge >= 0.3 is 5.91 Å². The summed E-state index contributed by atoms with van der Waals surface area (Å²) in [6, 6.07) is 8.89. The molecule has 0 aliphatic heterocycles. The van der Waals surface area contributed by atoms with Crippen molar-refractivity contribution in [2.45, 2.75) is 64.3 Å². The van der Waals surface area contributed by atoms with Gasteiger partial charge in [-0.1, -0.05) is 69.0 Å². The van der Waals surface area contributed by atoms with Crippen LogP contribution in [0, 0.1) is 0 Å².